The third kappa shape index (κ3) is 12.2. The van der Waals surface area contributed by atoms with E-state index in [0.717, 1.165) is 46.8 Å². The molecule has 0 amide bonds. The van der Waals surface area contributed by atoms with Gasteiger partial charge in [0, 0.05) is 0 Å². The van der Waals surface area contributed by atoms with Gasteiger partial charge in [0.1, 0.15) is 25.6 Å². The van der Waals surface area contributed by atoms with Gasteiger partial charge in [-0.25, -0.2) is 0 Å². The Morgan fingerprint density at radius 2 is 0.955 bits per heavy atom. The Morgan fingerprint density at radius 1 is 0.477 bits per heavy atom. The standard InChI is InChI=1S/C22H23NO2.C17H20O.ClH/c23-14-13-18-11-12-21(24-16-19-7-3-1-4-8-19)22(15-18)25-17-20-9-5-2-6-10-20;1-2-3-7-15-10-12-17(13-11-15)18-14-16-8-5-4-6-9-16;/h1-12,15H,13-14,16-17,23H2;4-6,8-13H,2-3,7,14H2,1H3;1H. The molecule has 0 unspecified atom stereocenters. The third-order valence-corrected chi connectivity index (χ3v) is 6.91. The van der Waals surface area contributed by atoms with Gasteiger partial charge in [0.2, 0.25) is 0 Å². The summed E-state index contributed by atoms with van der Waals surface area (Å²) in [7, 11) is 0. The van der Waals surface area contributed by atoms with E-state index >= 15 is 0 Å². The smallest absolute Gasteiger partial charge is 0.161 e. The zero-order valence-electron chi connectivity index (χ0n) is 25.6. The second-order valence-corrected chi connectivity index (χ2v) is 10.4. The maximum absolute atomic E-state index is 6.03. The number of benzene rings is 5. The van der Waals surface area contributed by atoms with Gasteiger partial charge in [-0.2, -0.15) is 0 Å². The molecule has 0 saturated heterocycles. The lowest BCUT2D eigenvalue weighted by atomic mass is 10.1. The molecule has 0 saturated carbocycles. The van der Waals surface area contributed by atoms with E-state index in [9.17, 15) is 0 Å². The van der Waals surface area contributed by atoms with Crippen LogP contribution in [0.3, 0.4) is 0 Å². The fourth-order valence-corrected chi connectivity index (χ4v) is 4.45. The molecular weight excluding hydrogens is 566 g/mol. The zero-order chi connectivity index (χ0) is 30.0. The molecule has 0 aliphatic rings. The zero-order valence-corrected chi connectivity index (χ0v) is 26.4. The monoisotopic (exact) mass is 609 g/mol. The Labute approximate surface area is 269 Å². The van der Waals surface area contributed by atoms with E-state index in [1.807, 2.05) is 97.1 Å². The van der Waals surface area contributed by atoms with Crippen LogP contribution in [0.25, 0.3) is 0 Å². The molecule has 44 heavy (non-hydrogen) atoms. The lowest BCUT2D eigenvalue weighted by Crippen LogP contribution is -2.04. The van der Waals surface area contributed by atoms with Crippen molar-refractivity contribution in [2.24, 2.45) is 5.73 Å². The molecule has 0 spiro atoms. The van der Waals surface area contributed by atoms with E-state index in [0.29, 0.717) is 26.4 Å². The summed E-state index contributed by atoms with van der Waals surface area (Å²) >= 11 is 0. The Morgan fingerprint density at radius 3 is 1.45 bits per heavy atom. The Hall–Kier alpha value is -4.25. The second-order valence-electron chi connectivity index (χ2n) is 10.4. The molecule has 0 aliphatic heterocycles. The molecule has 5 aromatic carbocycles. The summed E-state index contributed by atoms with van der Waals surface area (Å²) in [6.45, 7) is 4.49. The molecule has 0 fully saturated rings. The van der Waals surface area contributed by atoms with Crippen molar-refractivity contribution in [3.63, 3.8) is 0 Å². The number of nitrogens with two attached hydrogens (primary N) is 1. The van der Waals surface area contributed by atoms with Crippen LogP contribution in [0.4, 0.5) is 0 Å². The number of aryl methyl sites for hydroxylation is 1. The summed E-state index contributed by atoms with van der Waals surface area (Å²) in [5.74, 6) is 2.45. The molecule has 5 heteroatoms. The number of halogens is 1. The average Bonchev–Trinajstić information content (AvgIpc) is 3.07. The predicted molar refractivity (Wildman–Crippen MR) is 184 cm³/mol. The summed E-state index contributed by atoms with van der Waals surface area (Å²) in [6, 6.07) is 45.0. The summed E-state index contributed by atoms with van der Waals surface area (Å²) in [4.78, 5) is 0. The predicted octanol–water partition coefficient (Wildman–Crippen LogP) is 9.38. The van der Waals surface area contributed by atoms with Crippen LogP contribution >= 0.6 is 12.4 Å². The number of unbranched alkanes of at least 4 members (excludes halogenated alkanes) is 1. The molecule has 0 atom stereocenters. The fourth-order valence-electron chi connectivity index (χ4n) is 4.45. The van der Waals surface area contributed by atoms with Crippen molar-refractivity contribution in [3.8, 4) is 17.2 Å². The van der Waals surface area contributed by atoms with Crippen LogP contribution in [0.1, 0.15) is 47.6 Å². The van der Waals surface area contributed by atoms with Gasteiger partial charge in [-0.1, -0.05) is 123 Å². The molecule has 4 nitrogen and oxygen atoms in total. The highest BCUT2D eigenvalue weighted by atomic mass is 35.5. The first-order chi connectivity index (χ1) is 21.2. The first-order valence-corrected chi connectivity index (χ1v) is 15.2. The van der Waals surface area contributed by atoms with Crippen molar-refractivity contribution < 1.29 is 14.2 Å². The van der Waals surface area contributed by atoms with E-state index in [1.54, 1.807) is 0 Å². The van der Waals surface area contributed by atoms with Crippen molar-refractivity contribution in [1.29, 1.82) is 0 Å². The van der Waals surface area contributed by atoms with Crippen LogP contribution in [0, 0.1) is 0 Å². The fraction of sp³-hybridized carbons (Fsp3) is 0.231. The maximum Gasteiger partial charge on any atom is 0.161 e. The van der Waals surface area contributed by atoms with E-state index in [4.69, 9.17) is 19.9 Å². The lowest BCUT2D eigenvalue weighted by Gasteiger charge is -2.14. The molecule has 0 bridgehead atoms. The summed E-state index contributed by atoms with van der Waals surface area (Å²) < 4.78 is 17.8. The molecule has 0 heterocycles. The van der Waals surface area contributed by atoms with Gasteiger partial charge in [0.05, 0.1) is 0 Å². The van der Waals surface area contributed by atoms with Crippen LogP contribution in [0.2, 0.25) is 0 Å². The van der Waals surface area contributed by atoms with E-state index in [-0.39, 0.29) is 12.4 Å². The molecule has 0 aromatic heterocycles. The average molecular weight is 610 g/mol. The van der Waals surface area contributed by atoms with Crippen molar-refractivity contribution in [2.45, 2.75) is 52.4 Å². The number of ether oxygens (including phenoxy) is 3. The summed E-state index contributed by atoms with van der Waals surface area (Å²) in [5.41, 5.74) is 11.7. The highest BCUT2D eigenvalue weighted by Gasteiger charge is 2.08. The summed E-state index contributed by atoms with van der Waals surface area (Å²) in [5, 5.41) is 0. The molecule has 5 aromatic rings. The number of hydrogen-bond donors (Lipinski definition) is 1. The molecule has 0 radical (unpaired) electrons. The van der Waals surface area contributed by atoms with Crippen LogP contribution in [0.15, 0.2) is 133 Å². The van der Waals surface area contributed by atoms with Gasteiger partial charge < -0.3 is 19.9 Å². The molecule has 0 aliphatic carbocycles. The lowest BCUT2D eigenvalue weighted by molar-refractivity contribution is 0.255. The van der Waals surface area contributed by atoms with Crippen molar-refractivity contribution >= 4 is 12.4 Å². The normalized spacial score (nSPS) is 10.1. The van der Waals surface area contributed by atoms with Gasteiger partial charge in [-0.15, -0.1) is 12.4 Å². The van der Waals surface area contributed by atoms with Gasteiger partial charge in [-0.3, -0.25) is 0 Å². The SMILES string of the molecule is CCCCc1ccc(OCc2ccccc2)cc1.Cl.NCCc1ccc(OCc2ccccc2)c(OCc2ccccc2)c1. The largest absolute Gasteiger partial charge is 0.489 e. The molecular formula is C39H44ClNO3. The quantitative estimate of drug-likeness (QED) is 0.136. The summed E-state index contributed by atoms with van der Waals surface area (Å²) in [6.07, 6.45) is 4.48. The van der Waals surface area contributed by atoms with Crippen molar-refractivity contribution in [3.05, 3.63) is 161 Å². The van der Waals surface area contributed by atoms with Crippen LogP contribution in [-0.2, 0) is 32.7 Å². The molecule has 230 valence electrons. The topological polar surface area (TPSA) is 53.7 Å². The van der Waals surface area contributed by atoms with Crippen molar-refractivity contribution in [2.75, 3.05) is 6.54 Å². The second kappa shape index (κ2) is 19.8. The first-order valence-electron chi connectivity index (χ1n) is 15.2. The Kier molecular flexibility index (Phi) is 15.4. The van der Waals surface area contributed by atoms with Gasteiger partial charge in [0.25, 0.3) is 0 Å². The van der Waals surface area contributed by atoms with E-state index in [2.05, 4.69) is 43.3 Å². The highest BCUT2D eigenvalue weighted by Crippen LogP contribution is 2.30. The minimum Gasteiger partial charge on any atom is -0.489 e. The van der Waals surface area contributed by atoms with Gasteiger partial charge >= 0.3 is 0 Å². The van der Waals surface area contributed by atoms with Crippen LogP contribution < -0.4 is 19.9 Å². The van der Waals surface area contributed by atoms with Gasteiger partial charge in [-0.05, 0) is 77.9 Å². The highest BCUT2D eigenvalue weighted by molar-refractivity contribution is 5.85. The Balaban J connectivity index is 0.000000247. The molecule has 2 N–H and O–H groups in total. The minimum atomic E-state index is 0. The van der Waals surface area contributed by atoms with Crippen LogP contribution in [0.5, 0.6) is 17.2 Å². The van der Waals surface area contributed by atoms with Crippen LogP contribution in [-0.4, -0.2) is 6.54 Å². The third-order valence-electron chi connectivity index (χ3n) is 6.91. The van der Waals surface area contributed by atoms with E-state index in [1.165, 1.54) is 24.0 Å². The number of hydrogen-bond acceptors (Lipinski definition) is 4. The minimum absolute atomic E-state index is 0. The maximum atomic E-state index is 6.03. The van der Waals surface area contributed by atoms with Crippen molar-refractivity contribution in [1.82, 2.24) is 0 Å². The van der Waals surface area contributed by atoms with E-state index < -0.39 is 0 Å². The van der Waals surface area contributed by atoms with Gasteiger partial charge in [0.15, 0.2) is 11.5 Å². The first kappa shape index (κ1) is 34.2. The Bertz CT molecular complexity index is 1450. The number of rotatable bonds is 14. The molecule has 5 rings (SSSR count).